The van der Waals surface area contributed by atoms with Crippen molar-refractivity contribution < 1.29 is 8.42 Å². The molecule has 1 unspecified atom stereocenters. The van der Waals surface area contributed by atoms with Crippen LogP contribution in [-0.4, -0.2) is 40.5 Å². The highest BCUT2D eigenvalue weighted by Gasteiger charge is 2.48. The smallest absolute Gasteiger partial charge is 0.201 e. The summed E-state index contributed by atoms with van der Waals surface area (Å²) in [5.41, 5.74) is 2.04. The summed E-state index contributed by atoms with van der Waals surface area (Å²) in [7, 11) is 0.425. The Kier molecular flexibility index (Phi) is 5.27. The van der Waals surface area contributed by atoms with Crippen molar-refractivity contribution in [1.29, 1.82) is 0 Å². The van der Waals surface area contributed by atoms with Gasteiger partial charge < -0.3 is 4.90 Å². The van der Waals surface area contributed by atoms with Gasteiger partial charge in [-0.3, -0.25) is 5.32 Å². The summed E-state index contributed by atoms with van der Waals surface area (Å²) >= 11 is 0. The van der Waals surface area contributed by atoms with Gasteiger partial charge in [-0.1, -0.05) is 42.5 Å². The lowest BCUT2D eigenvalue weighted by atomic mass is 9.87. The zero-order valence-electron chi connectivity index (χ0n) is 14.9. The first-order chi connectivity index (χ1) is 12.0. The first-order valence-electron chi connectivity index (χ1n) is 8.75. The Morgan fingerprint density at radius 3 is 2.44 bits per heavy atom. The molecular formula is C20H26N2O2S. The molecule has 134 valence electrons. The van der Waals surface area contributed by atoms with Gasteiger partial charge >= 0.3 is 0 Å². The summed E-state index contributed by atoms with van der Waals surface area (Å²) in [6, 6.07) is 16.8. The fourth-order valence-electron chi connectivity index (χ4n) is 3.63. The van der Waals surface area contributed by atoms with Gasteiger partial charge in [0, 0.05) is 13.1 Å². The Morgan fingerprint density at radius 1 is 1.04 bits per heavy atom. The molecule has 0 heterocycles. The predicted octanol–water partition coefficient (Wildman–Crippen LogP) is 2.80. The highest BCUT2D eigenvalue weighted by molar-refractivity contribution is 7.92. The number of hydrogen-bond acceptors (Lipinski definition) is 4. The van der Waals surface area contributed by atoms with E-state index in [-0.39, 0.29) is 0 Å². The molecule has 0 aromatic heterocycles. The van der Waals surface area contributed by atoms with Crippen LogP contribution in [0.3, 0.4) is 0 Å². The van der Waals surface area contributed by atoms with Crippen LogP contribution in [0.4, 0.5) is 0 Å². The predicted molar refractivity (Wildman–Crippen MR) is 101 cm³/mol. The lowest BCUT2D eigenvalue weighted by Gasteiger charge is -2.39. The average molecular weight is 359 g/mol. The minimum absolute atomic E-state index is 0.379. The molecule has 0 saturated heterocycles. The normalized spacial score (nSPS) is 20.4. The van der Waals surface area contributed by atoms with Crippen LogP contribution in [0.5, 0.6) is 0 Å². The van der Waals surface area contributed by atoms with E-state index in [9.17, 15) is 8.42 Å². The Balaban J connectivity index is 2.11. The highest BCUT2D eigenvalue weighted by Crippen LogP contribution is 2.42. The lowest BCUT2D eigenvalue weighted by Crippen LogP contribution is -2.52. The molecule has 0 aliphatic heterocycles. The number of rotatable bonds is 6. The van der Waals surface area contributed by atoms with Gasteiger partial charge in [0.25, 0.3) is 0 Å². The monoisotopic (exact) mass is 358 g/mol. The van der Waals surface area contributed by atoms with E-state index >= 15 is 0 Å². The van der Waals surface area contributed by atoms with Crippen molar-refractivity contribution in [2.45, 2.75) is 29.0 Å². The third-order valence-corrected chi connectivity index (χ3v) is 7.29. The van der Waals surface area contributed by atoms with E-state index in [0.717, 1.165) is 30.5 Å². The zero-order valence-corrected chi connectivity index (χ0v) is 15.7. The summed E-state index contributed by atoms with van der Waals surface area (Å²) in [5, 5.41) is 3.43. The number of benzene rings is 2. The van der Waals surface area contributed by atoms with E-state index in [1.165, 1.54) is 0 Å². The molecule has 0 fully saturated rings. The maximum absolute atomic E-state index is 13.7. The van der Waals surface area contributed by atoms with Gasteiger partial charge in [0.1, 0.15) is 0 Å². The van der Waals surface area contributed by atoms with Gasteiger partial charge in [0.2, 0.25) is 9.84 Å². The Labute approximate surface area is 150 Å². The highest BCUT2D eigenvalue weighted by atomic mass is 32.2. The van der Waals surface area contributed by atoms with E-state index in [4.69, 9.17) is 0 Å². The van der Waals surface area contributed by atoms with Crippen molar-refractivity contribution in [3.05, 3.63) is 65.7 Å². The van der Waals surface area contributed by atoms with Gasteiger partial charge in [-0.05, 0) is 56.6 Å². The number of sulfone groups is 1. The number of aryl methyl sites for hydroxylation is 1. The van der Waals surface area contributed by atoms with Gasteiger partial charge in [-0.2, -0.15) is 0 Å². The minimum Gasteiger partial charge on any atom is -0.308 e. The number of nitrogens with one attached hydrogen (secondary N) is 1. The van der Waals surface area contributed by atoms with Gasteiger partial charge in [-0.15, -0.1) is 0 Å². The SMILES string of the molecule is CN(C)CCNC1(S(=O)(=O)c2ccccc2)CCCc2ccccc21. The number of fused-ring (bicyclic) bond motifs is 1. The maximum atomic E-state index is 13.7. The molecule has 0 saturated carbocycles. The first kappa shape index (κ1) is 18.1. The fraction of sp³-hybridized carbons (Fsp3) is 0.400. The van der Waals surface area contributed by atoms with Crippen molar-refractivity contribution >= 4 is 9.84 Å². The molecule has 2 aromatic rings. The van der Waals surface area contributed by atoms with Crippen LogP contribution in [0.1, 0.15) is 24.0 Å². The second kappa shape index (κ2) is 7.28. The second-order valence-electron chi connectivity index (χ2n) is 6.88. The van der Waals surface area contributed by atoms with Crippen molar-refractivity contribution in [3.8, 4) is 0 Å². The Hall–Kier alpha value is -1.69. The van der Waals surface area contributed by atoms with Gasteiger partial charge in [-0.25, -0.2) is 8.42 Å². The van der Waals surface area contributed by atoms with Crippen LogP contribution >= 0.6 is 0 Å². The fourth-order valence-corrected chi connectivity index (χ4v) is 5.75. The standard InChI is InChI=1S/C20H26N2O2S/c1-22(2)16-15-21-20(25(23,24)18-11-4-3-5-12-18)14-8-10-17-9-6-7-13-19(17)20/h3-7,9,11-13,21H,8,10,14-16H2,1-2H3. The van der Waals surface area contributed by atoms with Crippen molar-refractivity contribution in [3.63, 3.8) is 0 Å². The minimum atomic E-state index is -3.56. The number of likely N-dealkylation sites (N-methyl/N-ethyl adjacent to an activating group) is 1. The molecule has 3 rings (SSSR count). The Morgan fingerprint density at radius 2 is 1.72 bits per heavy atom. The molecule has 1 aliphatic carbocycles. The van der Waals surface area contributed by atoms with Crippen molar-refractivity contribution in [1.82, 2.24) is 10.2 Å². The second-order valence-corrected chi connectivity index (χ2v) is 9.06. The molecule has 1 atom stereocenters. The van der Waals surface area contributed by atoms with E-state index in [2.05, 4.69) is 16.3 Å². The van der Waals surface area contributed by atoms with Crippen LogP contribution < -0.4 is 5.32 Å². The first-order valence-corrected chi connectivity index (χ1v) is 10.2. The topological polar surface area (TPSA) is 49.4 Å². The third-order valence-electron chi connectivity index (χ3n) is 4.91. The zero-order chi connectivity index (χ0) is 17.9. The van der Waals surface area contributed by atoms with E-state index in [1.54, 1.807) is 24.3 Å². The van der Waals surface area contributed by atoms with Crippen LogP contribution in [-0.2, 0) is 21.1 Å². The molecule has 5 heteroatoms. The Bertz CT molecular complexity index is 819. The average Bonchev–Trinajstić information content (AvgIpc) is 2.62. The van der Waals surface area contributed by atoms with Crippen molar-refractivity contribution in [2.75, 3.05) is 27.2 Å². The van der Waals surface area contributed by atoms with Gasteiger partial charge in [0.05, 0.1) is 4.90 Å². The molecule has 1 N–H and O–H groups in total. The quantitative estimate of drug-likeness (QED) is 0.863. The summed E-state index contributed by atoms with van der Waals surface area (Å²) in [5.74, 6) is 0. The molecule has 0 radical (unpaired) electrons. The molecular weight excluding hydrogens is 332 g/mol. The summed E-state index contributed by atoms with van der Waals surface area (Å²) < 4.78 is 27.3. The summed E-state index contributed by atoms with van der Waals surface area (Å²) in [6.07, 6.45) is 2.38. The molecule has 0 bridgehead atoms. The summed E-state index contributed by atoms with van der Waals surface area (Å²) in [6.45, 7) is 1.40. The number of hydrogen-bond donors (Lipinski definition) is 1. The molecule has 0 amide bonds. The van der Waals surface area contributed by atoms with Gasteiger partial charge in [0.15, 0.2) is 4.87 Å². The lowest BCUT2D eigenvalue weighted by molar-refractivity contribution is 0.340. The van der Waals surface area contributed by atoms with Crippen LogP contribution in [0, 0.1) is 0 Å². The maximum Gasteiger partial charge on any atom is 0.201 e. The largest absolute Gasteiger partial charge is 0.308 e. The van der Waals surface area contributed by atoms with E-state index < -0.39 is 14.7 Å². The van der Waals surface area contributed by atoms with E-state index in [0.29, 0.717) is 17.9 Å². The molecule has 4 nitrogen and oxygen atoms in total. The molecule has 2 aromatic carbocycles. The molecule has 25 heavy (non-hydrogen) atoms. The van der Waals surface area contributed by atoms with Crippen LogP contribution in [0.25, 0.3) is 0 Å². The molecule has 0 spiro atoms. The molecule has 1 aliphatic rings. The van der Waals surface area contributed by atoms with E-state index in [1.807, 2.05) is 38.4 Å². The van der Waals surface area contributed by atoms with Crippen molar-refractivity contribution in [2.24, 2.45) is 0 Å². The number of nitrogens with zero attached hydrogens (tertiary/aromatic N) is 1. The third kappa shape index (κ3) is 3.36. The van der Waals surface area contributed by atoms with Crippen LogP contribution in [0.15, 0.2) is 59.5 Å². The van der Waals surface area contributed by atoms with Crippen LogP contribution in [0.2, 0.25) is 0 Å². The summed E-state index contributed by atoms with van der Waals surface area (Å²) in [4.78, 5) is 1.38.